The van der Waals surface area contributed by atoms with Gasteiger partial charge in [-0.05, 0) is 12.0 Å². The molecule has 27 heavy (non-hydrogen) atoms. The summed E-state index contributed by atoms with van der Waals surface area (Å²) in [5.74, 6) is 2.17. The van der Waals surface area contributed by atoms with Crippen LogP contribution in [0.3, 0.4) is 0 Å². The van der Waals surface area contributed by atoms with Gasteiger partial charge in [0.05, 0.1) is 12.3 Å². The fourth-order valence-electron chi connectivity index (χ4n) is 3.81. The first-order valence-corrected chi connectivity index (χ1v) is 9.77. The van der Waals surface area contributed by atoms with E-state index in [0.717, 1.165) is 69.7 Å². The van der Waals surface area contributed by atoms with Crippen LogP contribution in [0.2, 0.25) is 0 Å². The molecule has 0 bridgehead atoms. The van der Waals surface area contributed by atoms with Crippen LogP contribution >= 0.6 is 0 Å². The molecule has 0 aliphatic carbocycles. The van der Waals surface area contributed by atoms with Crippen molar-refractivity contribution in [2.75, 3.05) is 51.4 Å². The number of methoxy groups -OCH3 is 1. The standard InChI is InChI=1S/C21H28N4O2/c1-26-16-20-22-19(18-7-12-27-15-18)13-21(23-20)25-10-8-24(9-11-25)14-17-5-3-2-4-6-17/h2-6,13,18H,7-12,14-16H2,1H3. The molecule has 0 spiro atoms. The number of benzene rings is 1. The topological polar surface area (TPSA) is 50.7 Å². The van der Waals surface area contributed by atoms with Crippen molar-refractivity contribution in [3.63, 3.8) is 0 Å². The molecule has 1 atom stereocenters. The molecule has 2 aliphatic rings. The lowest BCUT2D eigenvalue weighted by atomic mass is 10.0. The van der Waals surface area contributed by atoms with E-state index in [1.807, 2.05) is 0 Å². The molecule has 1 unspecified atom stereocenters. The van der Waals surface area contributed by atoms with Gasteiger partial charge in [-0.2, -0.15) is 0 Å². The normalized spacial score (nSPS) is 20.9. The molecule has 6 heteroatoms. The van der Waals surface area contributed by atoms with E-state index in [1.165, 1.54) is 5.56 Å². The molecule has 2 fully saturated rings. The predicted molar refractivity (Wildman–Crippen MR) is 105 cm³/mol. The van der Waals surface area contributed by atoms with Crippen LogP contribution in [0.25, 0.3) is 0 Å². The highest BCUT2D eigenvalue weighted by atomic mass is 16.5. The molecule has 1 aromatic heterocycles. The Balaban J connectivity index is 1.43. The van der Waals surface area contributed by atoms with Gasteiger partial charge in [0.2, 0.25) is 0 Å². The van der Waals surface area contributed by atoms with E-state index >= 15 is 0 Å². The van der Waals surface area contributed by atoms with E-state index in [4.69, 9.17) is 19.4 Å². The Kier molecular flexibility index (Phi) is 5.97. The van der Waals surface area contributed by atoms with E-state index < -0.39 is 0 Å². The van der Waals surface area contributed by atoms with Crippen LogP contribution in [0.4, 0.5) is 5.82 Å². The van der Waals surface area contributed by atoms with Crippen molar-refractivity contribution in [2.45, 2.75) is 25.5 Å². The summed E-state index contributed by atoms with van der Waals surface area (Å²) in [6.45, 7) is 7.09. The van der Waals surface area contributed by atoms with Crippen LogP contribution in [0.1, 0.15) is 29.4 Å². The van der Waals surface area contributed by atoms with Crippen molar-refractivity contribution in [2.24, 2.45) is 0 Å². The van der Waals surface area contributed by atoms with Crippen LogP contribution in [-0.2, 0) is 22.6 Å². The third-order valence-electron chi connectivity index (χ3n) is 5.35. The van der Waals surface area contributed by atoms with Crippen LogP contribution in [0, 0.1) is 0 Å². The van der Waals surface area contributed by atoms with Gasteiger partial charge in [0, 0.05) is 58.4 Å². The second-order valence-corrected chi connectivity index (χ2v) is 7.31. The molecular weight excluding hydrogens is 340 g/mol. The van der Waals surface area contributed by atoms with Crippen molar-refractivity contribution >= 4 is 5.82 Å². The number of nitrogens with zero attached hydrogens (tertiary/aromatic N) is 4. The Morgan fingerprint density at radius 1 is 1.11 bits per heavy atom. The Morgan fingerprint density at radius 2 is 1.93 bits per heavy atom. The highest BCUT2D eigenvalue weighted by Crippen LogP contribution is 2.27. The highest BCUT2D eigenvalue weighted by Gasteiger charge is 2.24. The Hall–Kier alpha value is -2.02. The molecule has 2 aromatic rings. The minimum Gasteiger partial charge on any atom is -0.381 e. The van der Waals surface area contributed by atoms with Crippen molar-refractivity contribution in [1.82, 2.24) is 14.9 Å². The molecule has 0 radical (unpaired) electrons. The van der Waals surface area contributed by atoms with Crippen LogP contribution in [0.15, 0.2) is 36.4 Å². The van der Waals surface area contributed by atoms with Crippen molar-refractivity contribution < 1.29 is 9.47 Å². The number of aromatic nitrogens is 2. The fourth-order valence-corrected chi connectivity index (χ4v) is 3.81. The lowest BCUT2D eigenvalue weighted by molar-refractivity contribution is 0.177. The summed E-state index contributed by atoms with van der Waals surface area (Å²) >= 11 is 0. The number of ether oxygens (including phenoxy) is 2. The van der Waals surface area contributed by atoms with Gasteiger partial charge in [-0.1, -0.05) is 30.3 Å². The number of hydrogen-bond acceptors (Lipinski definition) is 6. The molecule has 0 N–H and O–H groups in total. The summed E-state index contributed by atoms with van der Waals surface area (Å²) in [4.78, 5) is 14.4. The van der Waals surface area contributed by atoms with E-state index in [1.54, 1.807) is 7.11 Å². The smallest absolute Gasteiger partial charge is 0.156 e. The van der Waals surface area contributed by atoms with Crippen LogP contribution in [0.5, 0.6) is 0 Å². The van der Waals surface area contributed by atoms with Crippen molar-refractivity contribution in [3.05, 3.63) is 53.5 Å². The van der Waals surface area contributed by atoms with E-state index in [9.17, 15) is 0 Å². The molecule has 2 aliphatic heterocycles. The first-order chi connectivity index (χ1) is 13.3. The zero-order valence-corrected chi connectivity index (χ0v) is 16.0. The Bertz CT molecular complexity index is 726. The van der Waals surface area contributed by atoms with Gasteiger partial charge >= 0.3 is 0 Å². The SMILES string of the molecule is COCc1nc(C2CCOC2)cc(N2CCN(Cc3ccccc3)CC2)n1. The number of rotatable bonds is 6. The molecular formula is C21H28N4O2. The average molecular weight is 368 g/mol. The zero-order chi connectivity index (χ0) is 18.5. The van der Waals surface area contributed by atoms with Gasteiger partial charge in [-0.3, -0.25) is 4.90 Å². The molecule has 0 amide bonds. The number of hydrogen-bond donors (Lipinski definition) is 0. The molecule has 2 saturated heterocycles. The maximum atomic E-state index is 5.56. The van der Waals surface area contributed by atoms with E-state index in [0.29, 0.717) is 12.5 Å². The highest BCUT2D eigenvalue weighted by molar-refractivity contribution is 5.41. The summed E-state index contributed by atoms with van der Waals surface area (Å²) < 4.78 is 10.8. The number of anilines is 1. The quantitative estimate of drug-likeness (QED) is 0.781. The average Bonchev–Trinajstić information content (AvgIpc) is 3.24. The maximum Gasteiger partial charge on any atom is 0.156 e. The molecule has 0 saturated carbocycles. The zero-order valence-electron chi connectivity index (χ0n) is 16.0. The molecule has 4 rings (SSSR count). The molecule has 3 heterocycles. The molecule has 144 valence electrons. The van der Waals surface area contributed by atoms with Gasteiger partial charge in [0.15, 0.2) is 5.82 Å². The summed E-state index contributed by atoms with van der Waals surface area (Å²) in [6, 6.07) is 12.8. The van der Waals surface area contributed by atoms with Gasteiger partial charge < -0.3 is 14.4 Å². The monoisotopic (exact) mass is 368 g/mol. The third-order valence-corrected chi connectivity index (χ3v) is 5.35. The van der Waals surface area contributed by atoms with Gasteiger partial charge in [0.25, 0.3) is 0 Å². The van der Waals surface area contributed by atoms with Crippen molar-refractivity contribution in [3.8, 4) is 0 Å². The lowest BCUT2D eigenvalue weighted by Gasteiger charge is -2.35. The van der Waals surface area contributed by atoms with E-state index in [2.05, 4.69) is 46.2 Å². The predicted octanol–water partition coefficient (Wildman–Crippen LogP) is 2.45. The Morgan fingerprint density at radius 3 is 2.63 bits per heavy atom. The second kappa shape index (κ2) is 8.78. The minimum absolute atomic E-state index is 0.377. The van der Waals surface area contributed by atoms with Gasteiger partial charge in [-0.25, -0.2) is 9.97 Å². The second-order valence-electron chi connectivity index (χ2n) is 7.31. The maximum absolute atomic E-state index is 5.56. The lowest BCUT2D eigenvalue weighted by Crippen LogP contribution is -2.46. The van der Waals surface area contributed by atoms with Crippen molar-refractivity contribution in [1.29, 1.82) is 0 Å². The largest absolute Gasteiger partial charge is 0.381 e. The van der Waals surface area contributed by atoms with Crippen LogP contribution < -0.4 is 4.90 Å². The fraction of sp³-hybridized carbons (Fsp3) is 0.524. The third kappa shape index (κ3) is 4.64. The van der Waals surface area contributed by atoms with Crippen LogP contribution in [-0.4, -0.2) is 61.4 Å². The number of piperazine rings is 1. The Labute approximate surface area is 161 Å². The first kappa shape index (κ1) is 18.3. The summed E-state index contributed by atoms with van der Waals surface area (Å²) in [6.07, 6.45) is 1.04. The summed E-state index contributed by atoms with van der Waals surface area (Å²) in [5, 5.41) is 0. The first-order valence-electron chi connectivity index (χ1n) is 9.77. The summed E-state index contributed by atoms with van der Waals surface area (Å²) in [7, 11) is 1.69. The molecule has 6 nitrogen and oxygen atoms in total. The summed E-state index contributed by atoms with van der Waals surface area (Å²) in [5.41, 5.74) is 2.47. The van der Waals surface area contributed by atoms with Gasteiger partial charge in [-0.15, -0.1) is 0 Å². The van der Waals surface area contributed by atoms with E-state index in [-0.39, 0.29) is 0 Å². The van der Waals surface area contributed by atoms with Gasteiger partial charge in [0.1, 0.15) is 12.4 Å². The minimum atomic E-state index is 0.377. The molecule has 1 aromatic carbocycles.